The van der Waals surface area contributed by atoms with E-state index in [-0.39, 0.29) is 24.9 Å². The Kier molecular flexibility index (Phi) is 2.87. The van der Waals surface area contributed by atoms with E-state index < -0.39 is 28.6 Å². The topological polar surface area (TPSA) is 23.5 Å². The highest BCUT2D eigenvalue weighted by Crippen LogP contribution is 2.46. The highest BCUT2D eigenvalue weighted by atomic mass is 19.2. The zero-order chi connectivity index (χ0) is 13.8. The Labute approximate surface area is 109 Å². The van der Waals surface area contributed by atoms with E-state index in [4.69, 9.17) is 0 Å². The maximum atomic E-state index is 13.9. The van der Waals surface area contributed by atoms with Crippen LogP contribution >= 0.6 is 0 Å². The van der Waals surface area contributed by atoms with Gasteiger partial charge in [-0.1, -0.05) is 0 Å². The van der Waals surface area contributed by atoms with Crippen LogP contribution in [0.3, 0.4) is 0 Å². The fourth-order valence-electron chi connectivity index (χ4n) is 3.60. The lowest BCUT2D eigenvalue weighted by Crippen LogP contribution is -2.48. The van der Waals surface area contributed by atoms with Crippen LogP contribution < -0.4 is 0 Å². The lowest BCUT2D eigenvalue weighted by atomic mass is 9.80. The Morgan fingerprint density at radius 2 is 1.63 bits per heavy atom. The molecule has 0 radical (unpaired) electrons. The molecular weight excluding hydrogens is 255 g/mol. The van der Waals surface area contributed by atoms with Crippen molar-refractivity contribution in [1.82, 2.24) is 4.90 Å². The summed E-state index contributed by atoms with van der Waals surface area (Å²) < 4.78 is 41.0. The molecule has 3 rings (SSSR count). The van der Waals surface area contributed by atoms with Crippen LogP contribution in [0, 0.1) is 17.5 Å². The van der Waals surface area contributed by atoms with Crippen LogP contribution in [0.4, 0.5) is 13.2 Å². The second kappa shape index (κ2) is 4.21. The lowest BCUT2D eigenvalue weighted by molar-refractivity contribution is -0.0543. The van der Waals surface area contributed by atoms with Crippen LogP contribution in [0.5, 0.6) is 0 Å². The molecule has 5 heteroatoms. The third-order valence-corrected chi connectivity index (χ3v) is 4.64. The average Bonchev–Trinajstić information content (AvgIpc) is 2.59. The van der Waals surface area contributed by atoms with E-state index in [0.717, 1.165) is 25.0 Å². The summed E-state index contributed by atoms with van der Waals surface area (Å²) in [7, 11) is 1.96. The first-order chi connectivity index (χ1) is 8.92. The van der Waals surface area contributed by atoms with Crippen LogP contribution in [0.25, 0.3) is 0 Å². The molecule has 2 bridgehead atoms. The molecule has 1 N–H and O–H groups in total. The quantitative estimate of drug-likeness (QED) is 0.793. The van der Waals surface area contributed by atoms with Gasteiger partial charge in [0, 0.05) is 12.1 Å². The first-order valence-electron chi connectivity index (χ1n) is 6.50. The van der Waals surface area contributed by atoms with Gasteiger partial charge in [0.15, 0.2) is 11.6 Å². The number of nitrogens with zero attached hydrogens (tertiary/aromatic N) is 1. The van der Waals surface area contributed by atoms with E-state index in [9.17, 15) is 18.3 Å². The highest BCUT2D eigenvalue weighted by molar-refractivity contribution is 5.29. The van der Waals surface area contributed by atoms with Gasteiger partial charge in [0.1, 0.15) is 5.82 Å². The van der Waals surface area contributed by atoms with Gasteiger partial charge in [-0.25, -0.2) is 13.2 Å². The van der Waals surface area contributed by atoms with E-state index in [2.05, 4.69) is 4.90 Å². The van der Waals surface area contributed by atoms with Crippen LogP contribution in [-0.4, -0.2) is 29.1 Å². The second-order valence-corrected chi connectivity index (χ2v) is 5.71. The van der Waals surface area contributed by atoms with Gasteiger partial charge < -0.3 is 10.0 Å². The molecule has 2 nitrogen and oxygen atoms in total. The standard InChI is InChI=1S/C14H16F3NO/c1-18-8-2-3-9(18)7-14(19,6-8)12-10(15)4-5-11(16)13(12)17/h4-5,8-9,19H,2-3,6-7H2,1H3. The van der Waals surface area contributed by atoms with Crippen LogP contribution in [0.2, 0.25) is 0 Å². The molecule has 1 aromatic rings. The summed E-state index contributed by atoms with van der Waals surface area (Å²) in [6.45, 7) is 0. The molecule has 19 heavy (non-hydrogen) atoms. The first-order valence-corrected chi connectivity index (χ1v) is 6.50. The minimum atomic E-state index is -1.60. The van der Waals surface area contributed by atoms with Gasteiger partial charge in [0.25, 0.3) is 0 Å². The molecule has 2 unspecified atom stereocenters. The first kappa shape index (κ1) is 12.9. The largest absolute Gasteiger partial charge is 0.385 e. The van der Waals surface area contributed by atoms with Crippen molar-refractivity contribution in [3.8, 4) is 0 Å². The van der Waals surface area contributed by atoms with Crippen molar-refractivity contribution in [3.05, 3.63) is 35.1 Å². The minimum absolute atomic E-state index is 0.103. The third kappa shape index (κ3) is 1.87. The molecule has 2 atom stereocenters. The van der Waals surface area contributed by atoms with Crippen molar-refractivity contribution >= 4 is 0 Å². The predicted molar refractivity (Wildman–Crippen MR) is 64.0 cm³/mol. The average molecular weight is 271 g/mol. The summed E-state index contributed by atoms with van der Waals surface area (Å²) in [5.74, 6) is -3.24. The summed E-state index contributed by atoms with van der Waals surface area (Å²) >= 11 is 0. The van der Waals surface area contributed by atoms with Gasteiger partial charge in [-0.05, 0) is 44.9 Å². The molecule has 0 aliphatic carbocycles. The number of halogens is 3. The summed E-state index contributed by atoms with van der Waals surface area (Å²) in [5, 5.41) is 10.7. The lowest BCUT2D eigenvalue weighted by Gasteiger charge is -2.42. The molecule has 0 spiro atoms. The van der Waals surface area contributed by atoms with Crippen molar-refractivity contribution in [2.24, 2.45) is 0 Å². The number of hydrogen-bond acceptors (Lipinski definition) is 2. The fourth-order valence-corrected chi connectivity index (χ4v) is 3.60. The Hall–Kier alpha value is -1.07. The summed E-state index contributed by atoms with van der Waals surface area (Å²) in [6.07, 6.45) is 2.30. The van der Waals surface area contributed by atoms with E-state index in [1.807, 2.05) is 7.05 Å². The monoisotopic (exact) mass is 271 g/mol. The van der Waals surface area contributed by atoms with Gasteiger partial charge in [-0.3, -0.25) is 0 Å². The van der Waals surface area contributed by atoms with E-state index in [1.165, 1.54) is 0 Å². The Balaban J connectivity index is 2.05. The van der Waals surface area contributed by atoms with Crippen molar-refractivity contribution in [2.45, 2.75) is 43.4 Å². The Morgan fingerprint density at radius 3 is 2.21 bits per heavy atom. The van der Waals surface area contributed by atoms with Gasteiger partial charge >= 0.3 is 0 Å². The van der Waals surface area contributed by atoms with Gasteiger partial charge in [-0.2, -0.15) is 0 Å². The normalized spacial score (nSPS) is 34.8. The number of hydrogen-bond donors (Lipinski definition) is 1. The zero-order valence-corrected chi connectivity index (χ0v) is 10.7. The van der Waals surface area contributed by atoms with E-state index in [0.29, 0.717) is 0 Å². The van der Waals surface area contributed by atoms with Gasteiger partial charge in [-0.15, -0.1) is 0 Å². The smallest absolute Gasteiger partial charge is 0.167 e. The minimum Gasteiger partial charge on any atom is -0.385 e. The fraction of sp³-hybridized carbons (Fsp3) is 0.571. The molecule has 2 aliphatic rings. The maximum Gasteiger partial charge on any atom is 0.167 e. The van der Waals surface area contributed by atoms with Gasteiger partial charge in [0.05, 0.1) is 11.2 Å². The molecule has 0 saturated carbocycles. The van der Waals surface area contributed by atoms with E-state index in [1.54, 1.807) is 0 Å². The number of fused-ring (bicyclic) bond motifs is 2. The molecular formula is C14H16F3NO. The van der Waals surface area contributed by atoms with Crippen LogP contribution in [0.1, 0.15) is 31.2 Å². The zero-order valence-electron chi connectivity index (χ0n) is 10.7. The molecule has 1 aromatic carbocycles. The molecule has 0 amide bonds. The summed E-state index contributed by atoms with van der Waals surface area (Å²) in [6, 6.07) is 1.84. The number of aliphatic hydroxyl groups is 1. The van der Waals surface area contributed by atoms with Crippen molar-refractivity contribution in [2.75, 3.05) is 7.05 Å². The predicted octanol–water partition coefficient (Wildman–Crippen LogP) is 2.55. The maximum absolute atomic E-state index is 13.9. The van der Waals surface area contributed by atoms with Crippen molar-refractivity contribution in [3.63, 3.8) is 0 Å². The third-order valence-electron chi connectivity index (χ3n) is 4.64. The molecule has 2 aliphatic heterocycles. The van der Waals surface area contributed by atoms with Crippen molar-refractivity contribution in [1.29, 1.82) is 0 Å². The Morgan fingerprint density at radius 1 is 1.11 bits per heavy atom. The van der Waals surface area contributed by atoms with Crippen LogP contribution in [0.15, 0.2) is 12.1 Å². The molecule has 2 fully saturated rings. The van der Waals surface area contributed by atoms with Crippen molar-refractivity contribution < 1.29 is 18.3 Å². The highest BCUT2D eigenvalue weighted by Gasteiger charge is 2.49. The molecule has 104 valence electrons. The molecule has 0 aromatic heterocycles. The number of piperidine rings is 1. The van der Waals surface area contributed by atoms with Gasteiger partial charge in [0.2, 0.25) is 0 Å². The second-order valence-electron chi connectivity index (χ2n) is 5.71. The van der Waals surface area contributed by atoms with E-state index >= 15 is 0 Å². The molecule has 2 saturated heterocycles. The SMILES string of the molecule is CN1C2CCC1CC(O)(c1c(F)ccc(F)c1F)C2. The summed E-state index contributed by atoms with van der Waals surface area (Å²) in [4.78, 5) is 2.14. The Bertz CT molecular complexity index is 506. The molecule has 2 heterocycles. The summed E-state index contributed by atoms with van der Waals surface area (Å²) in [5.41, 5.74) is -2.10. The van der Waals surface area contributed by atoms with Crippen LogP contribution in [-0.2, 0) is 5.60 Å². The number of benzene rings is 1. The number of rotatable bonds is 1.